The van der Waals surface area contributed by atoms with Crippen molar-refractivity contribution >= 4 is 23.2 Å². The molecule has 1 aromatic carbocycles. The van der Waals surface area contributed by atoms with Crippen molar-refractivity contribution in [3.05, 3.63) is 45.6 Å². The van der Waals surface area contributed by atoms with Gasteiger partial charge in [-0.25, -0.2) is 0 Å². The molecule has 1 aromatic heterocycles. The van der Waals surface area contributed by atoms with E-state index in [2.05, 4.69) is 5.32 Å². The van der Waals surface area contributed by atoms with Crippen LogP contribution in [-0.4, -0.2) is 58.2 Å². The topological polar surface area (TPSA) is 77.1 Å². The number of hydrogen-bond donors (Lipinski definition) is 1. The molecular formula is C21H26N2O5S. The number of benzene rings is 1. The van der Waals surface area contributed by atoms with Gasteiger partial charge in [0.1, 0.15) is 0 Å². The van der Waals surface area contributed by atoms with Gasteiger partial charge in [0.2, 0.25) is 5.91 Å². The van der Waals surface area contributed by atoms with E-state index in [1.165, 1.54) is 25.6 Å². The first kappa shape index (κ1) is 21.1. The van der Waals surface area contributed by atoms with E-state index in [4.69, 9.17) is 14.2 Å². The molecule has 2 aromatic rings. The first-order chi connectivity index (χ1) is 14.0. The van der Waals surface area contributed by atoms with Gasteiger partial charge in [0.05, 0.1) is 26.2 Å². The van der Waals surface area contributed by atoms with Crippen LogP contribution >= 0.6 is 11.3 Å². The summed E-state index contributed by atoms with van der Waals surface area (Å²) >= 11 is 1.53. The molecule has 7 nitrogen and oxygen atoms in total. The van der Waals surface area contributed by atoms with Crippen molar-refractivity contribution < 1.29 is 23.8 Å². The zero-order chi connectivity index (χ0) is 21.0. The number of carbonyl (C=O) groups is 2. The average molecular weight is 419 g/mol. The molecule has 0 radical (unpaired) electrons. The fourth-order valence-corrected chi connectivity index (χ4v) is 4.59. The highest BCUT2D eigenvalue weighted by molar-refractivity contribution is 7.10. The summed E-state index contributed by atoms with van der Waals surface area (Å²) < 4.78 is 15.9. The Morgan fingerprint density at radius 2 is 1.93 bits per heavy atom. The summed E-state index contributed by atoms with van der Waals surface area (Å²) in [7, 11) is 6.43. The Hall–Kier alpha value is -2.58. The van der Waals surface area contributed by atoms with Gasteiger partial charge in [-0.3, -0.25) is 9.59 Å². The Morgan fingerprint density at radius 1 is 1.21 bits per heavy atom. The summed E-state index contributed by atoms with van der Waals surface area (Å²) in [5.41, 5.74) is 1.10. The first-order valence-corrected chi connectivity index (χ1v) is 10.2. The lowest BCUT2D eigenvalue weighted by Crippen LogP contribution is -2.45. The standard InChI is InChI=1S/C21H26N2O5S/c1-23-19(17-7-5-10-29-17)18(20(24)22-8-6-9-26-2)13-11-15(27-3)16(28-4)12-14(13)21(23)25/h5,7,10-12,18-19H,6,8-9H2,1-4H3,(H,22,24)/t18-,19+/m1/s1. The number of fused-ring (bicyclic) bond motifs is 1. The van der Waals surface area contributed by atoms with Crippen LogP contribution < -0.4 is 14.8 Å². The maximum atomic E-state index is 13.3. The highest BCUT2D eigenvalue weighted by atomic mass is 32.1. The van der Waals surface area contributed by atoms with Gasteiger partial charge in [0.15, 0.2) is 11.5 Å². The summed E-state index contributed by atoms with van der Waals surface area (Å²) in [5.74, 6) is 0.108. The molecule has 0 aliphatic carbocycles. The van der Waals surface area contributed by atoms with Crippen molar-refractivity contribution in [1.82, 2.24) is 10.2 Å². The third-order valence-corrected chi connectivity index (χ3v) is 6.06. The number of carbonyl (C=O) groups excluding carboxylic acids is 2. The average Bonchev–Trinajstić information content (AvgIpc) is 3.26. The number of ether oxygens (including phenoxy) is 3. The lowest BCUT2D eigenvalue weighted by molar-refractivity contribution is -0.124. The van der Waals surface area contributed by atoms with E-state index in [1.807, 2.05) is 17.5 Å². The Kier molecular flexibility index (Phi) is 6.76. The number of nitrogens with zero attached hydrogens (tertiary/aromatic N) is 1. The second kappa shape index (κ2) is 9.28. The lowest BCUT2D eigenvalue weighted by atomic mass is 9.81. The van der Waals surface area contributed by atoms with E-state index in [0.717, 1.165) is 4.88 Å². The number of likely N-dealkylation sites (N-methyl/N-ethyl adjacent to an activating group) is 1. The second-order valence-electron chi connectivity index (χ2n) is 6.79. The Labute approximate surface area is 174 Å². The molecule has 8 heteroatoms. The van der Waals surface area contributed by atoms with Crippen molar-refractivity contribution in [1.29, 1.82) is 0 Å². The molecule has 0 spiro atoms. The molecule has 1 aliphatic rings. The van der Waals surface area contributed by atoms with E-state index < -0.39 is 12.0 Å². The predicted octanol–water partition coefficient (Wildman–Crippen LogP) is 2.83. The SMILES string of the molecule is COCCCNC(=O)[C@@H]1c2cc(OC)c(OC)cc2C(=O)N(C)[C@H]1c1cccs1. The Bertz CT molecular complexity index is 868. The molecule has 3 rings (SSSR count). The highest BCUT2D eigenvalue weighted by Crippen LogP contribution is 2.46. The maximum absolute atomic E-state index is 13.3. The molecule has 2 amide bonds. The van der Waals surface area contributed by atoms with E-state index in [1.54, 1.807) is 31.2 Å². The van der Waals surface area contributed by atoms with E-state index >= 15 is 0 Å². The monoisotopic (exact) mass is 418 g/mol. The van der Waals surface area contributed by atoms with E-state index in [9.17, 15) is 9.59 Å². The van der Waals surface area contributed by atoms with Crippen LogP contribution in [0.4, 0.5) is 0 Å². The van der Waals surface area contributed by atoms with Gasteiger partial charge in [-0.2, -0.15) is 0 Å². The number of rotatable bonds is 8. The van der Waals surface area contributed by atoms with Crippen molar-refractivity contribution in [2.45, 2.75) is 18.4 Å². The molecule has 2 heterocycles. The van der Waals surface area contributed by atoms with Crippen LogP contribution in [0.3, 0.4) is 0 Å². The fourth-order valence-electron chi connectivity index (χ4n) is 3.68. The predicted molar refractivity (Wildman–Crippen MR) is 111 cm³/mol. The highest BCUT2D eigenvalue weighted by Gasteiger charge is 2.43. The number of hydrogen-bond acceptors (Lipinski definition) is 6. The minimum absolute atomic E-state index is 0.132. The lowest BCUT2D eigenvalue weighted by Gasteiger charge is -2.39. The summed E-state index contributed by atoms with van der Waals surface area (Å²) in [5, 5.41) is 4.95. The van der Waals surface area contributed by atoms with Crippen LogP contribution in [0.5, 0.6) is 11.5 Å². The van der Waals surface area contributed by atoms with Crippen LogP contribution in [0.2, 0.25) is 0 Å². The minimum atomic E-state index is -0.561. The normalized spacial score (nSPS) is 18.3. The number of amides is 2. The van der Waals surface area contributed by atoms with Gasteiger partial charge in [-0.15, -0.1) is 11.3 Å². The maximum Gasteiger partial charge on any atom is 0.254 e. The molecule has 0 saturated carbocycles. The van der Waals surface area contributed by atoms with Crippen molar-refractivity contribution in [3.63, 3.8) is 0 Å². The largest absolute Gasteiger partial charge is 0.493 e. The zero-order valence-corrected chi connectivity index (χ0v) is 17.9. The van der Waals surface area contributed by atoms with Gasteiger partial charge in [-0.05, 0) is 35.6 Å². The second-order valence-corrected chi connectivity index (χ2v) is 7.77. The van der Waals surface area contributed by atoms with Gasteiger partial charge in [-0.1, -0.05) is 6.07 Å². The van der Waals surface area contributed by atoms with E-state index in [0.29, 0.717) is 42.2 Å². The molecule has 1 aliphatic heterocycles. The fraction of sp³-hybridized carbons (Fsp3) is 0.429. The van der Waals surface area contributed by atoms with Crippen LogP contribution in [0, 0.1) is 0 Å². The molecule has 29 heavy (non-hydrogen) atoms. The van der Waals surface area contributed by atoms with Gasteiger partial charge in [0.25, 0.3) is 5.91 Å². The third kappa shape index (κ3) is 4.09. The number of nitrogens with one attached hydrogen (secondary N) is 1. The molecule has 0 unspecified atom stereocenters. The summed E-state index contributed by atoms with van der Waals surface area (Å²) in [6.45, 7) is 1.07. The van der Waals surface area contributed by atoms with Gasteiger partial charge in [0, 0.05) is 37.7 Å². The van der Waals surface area contributed by atoms with Gasteiger partial charge >= 0.3 is 0 Å². The molecule has 0 bridgehead atoms. The Balaban J connectivity index is 2.07. The van der Waals surface area contributed by atoms with Crippen molar-refractivity contribution in [2.24, 2.45) is 0 Å². The Morgan fingerprint density at radius 3 is 2.55 bits per heavy atom. The minimum Gasteiger partial charge on any atom is -0.493 e. The third-order valence-electron chi connectivity index (χ3n) is 5.12. The quantitative estimate of drug-likeness (QED) is 0.667. The van der Waals surface area contributed by atoms with E-state index in [-0.39, 0.29) is 11.8 Å². The number of methoxy groups -OCH3 is 3. The van der Waals surface area contributed by atoms with Crippen LogP contribution in [0.1, 0.15) is 39.2 Å². The smallest absolute Gasteiger partial charge is 0.254 e. The molecule has 0 fully saturated rings. The molecule has 1 N–H and O–H groups in total. The molecule has 0 saturated heterocycles. The number of thiophene rings is 1. The first-order valence-electron chi connectivity index (χ1n) is 9.36. The van der Waals surface area contributed by atoms with Crippen LogP contribution in [0.25, 0.3) is 0 Å². The van der Waals surface area contributed by atoms with Crippen molar-refractivity contribution in [3.8, 4) is 11.5 Å². The summed E-state index contributed by atoms with van der Waals surface area (Å²) in [4.78, 5) is 29.0. The summed E-state index contributed by atoms with van der Waals surface area (Å²) in [6.07, 6.45) is 0.714. The molecule has 156 valence electrons. The van der Waals surface area contributed by atoms with Gasteiger partial charge < -0.3 is 24.4 Å². The van der Waals surface area contributed by atoms with Crippen molar-refractivity contribution in [2.75, 3.05) is 41.5 Å². The van der Waals surface area contributed by atoms with Crippen LogP contribution in [-0.2, 0) is 9.53 Å². The summed E-state index contributed by atoms with van der Waals surface area (Å²) in [6, 6.07) is 6.89. The zero-order valence-electron chi connectivity index (χ0n) is 17.1. The molecular weight excluding hydrogens is 392 g/mol. The molecule has 2 atom stereocenters. The van der Waals surface area contributed by atoms with Crippen LogP contribution in [0.15, 0.2) is 29.6 Å².